The van der Waals surface area contributed by atoms with E-state index in [2.05, 4.69) is 15.8 Å². The summed E-state index contributed by atoms with van der Waals surface area (Å²) in [5.74, 6) is 1.18. The molecule has 0 bridgehead atoms. The number of benzene rings is 1. The summed E-state index contributed by atoms with van der Waals surface area (Å²) in [6, 6.07) is 5.99. The van der Waals surface area contributed by atoms with Gasteiger partial charge in [0.1, 0.15) is 0 Å². The van der Waals surface area contributed by atoms with Crippen molar-refractivity contribution in [3.05, 3.63) is 23.8 Å². The summed E-state index contributed by atoms with van der Waals surface area (Å²) in [5.41, 5.74) is 3.74. The monoisotopic (exact) mass is 446 g/mol. The summed E-state index contributed by atoms with van der Waals surface area (Å²) < 4.78 is 11.5. The van der Waals surface area contributed by atoms with Crippen molar-refractivity contribution >= 4 is 29.5 Å². The first kappa shape index (κ1) is 23.3. The maximum Gasteiger partial charge on any atom is 0.260 e. The molecular formula is C23H34N4O3S. The first-order valence-corrected chi connectivity index (χ1v) is 11.8. The van der Waals surface area contributed by atoms with E-state index in [0.29, 0.717) is 29.3 Å². The molecule has 1 heterocycles. The molecule has 1 saturated carbocycles. The molecule has 2 N–H and O–H groups in total. The molecule has 1 saturated heterocycles. The van der Waals surface area contributed by atoms with Crippen molar-refractivity contribution < 1.29 is 14.3 Å². The highest BCUT2D eigenvalue weighted by molar-refractivity contribution is 7.80. The second kappa shape index (κ2) is 12.5. The molecule has 170 valence electrons. The molecule has 2 fully saturated rings. The molecule has 1 aromatic carbocycles. The van der Waals surface area contributed by atoms with Crippen LogP contribution in [0.4, 0.5) is 0 Å². The van der Waals surface area contributed by atoms with E-state index in [1.54, 1.807) is 6.21 Å². The SMILES string of the molecule is CCOc1cc(/C=N/NC(=S)NC2CCCCC2)ccc1OCC(=O)N1CCCCC1. The van der Waals surface area contributed by atoms with Gasteiger partial charge in [0, 0.05) is 19.1 Å². The van der Waals surface area contributed by atoms with Gasteiger partial charge in [-0.25, -0.2) is 0 Å². The summed E-state index contributed by atoms with van der Waals surface area (Å²) in [4.78, 5) is 14.2. The minimum atomic E-state index is 0.0240. The number of carbonyl (C=O) groups is 1. The standard InChI is InChI=1S/C23H34N4O3S/c1-2-29-21-15-18(16-24-26-23(31)25-19-9-5-3-6-10-19)11-12-20(21)30-17-22(28)27-13-7-4-8-14-27/h11-12,15-16,19H,2-10,13-14,17H2,1H3,(H2,25,26,31)/b24-16+. The van der Waals surface area contributed by atoms with Crippen LogP contribution in [0, 0.1) is 0 Å². The van der Waals surface area contributed by atoms with Gasteiger partial charge < -0.3 is 19.7 Å². The Kier molecular flexibility index (Phi) is 9.39. The number of hydrogen-bond acceptors (Lipinski definition) is 5. The van der Waals surface area contributed by atoms with Gasteiger partial charge in [-0.3, -0.25) is 10.2 Å². The fraction of sp³-hybridized carbons (Fsp3) is 0.609. The molecule has 0 atom stereocenters. The zero-order valence-corrected chi connectivity index (χ0v) is 19.2. The second-order valence-corrected chi connectivity index (χ2v) is 8.46. The van der Waals surface area contributed by atoms with Crippen molar-refractivity contribution in [2.45, 2.75) is 64.3 Å². The predicted octanol–water partition coefficient (Wildman–Crippen LogP) is 3.61. The fourth-order valence-corrected chi connectivity index (χ4v) is 4.22. The molecular weight excluding hydrogens is 412 g/mol. The number of rotatable bonds is 8. The smallest absolute Gasteiger partial charge is 0.260 e. The van der Waals surface area contributed by atoms with Crippen molar-refractivity contribution in [3.63, 3.8) is 0 Å². The minimum absolute atomic E-state index is 0.0240. The highest BCUT2D eigenvalue weighted by Gasteiger charge is 2.18. The highest BCUT2D eigenvalue weighted by atomic mass is 32.1. The number of hydrogen-bond donors (Lipinski definition) is 2. The summed E-state index contributed by atoms with van der Waals surface area (Å²) in [5, 5.41) is 8.11. The van der Waals surface area contributed by atoms with Gasteiger partial charge in [-0.15, -0.1) is 0 Å². The van der Waals surface area contributed by atoms with Crippen LogP contribution >= 0.6 is 12.2 Å². The van der Waals surface area contributed by atoms with Crippen molar-refractivity contribution in [1.29, 1.82) is 0 Å². The van der Waals surface area contributed by atoms with Gasteiger partial charge in [0.05, 0.1) is 12.8 Å². The molecule has 31 heavy (non-hydrogen) atoms. The average Bonchev–Trinajstić information content (AvgIpc) is 2.80. The Labute approximate surface area is 190 Å². The first-order valence-electron chi connectivity index (χ1n) is 11.4. The van der Waals surface area contributed by atoms with E-state index in [9.17, 15) is 4.79 Å². The number of piperidine rings is 1. The van der Waals surface area contributed by atoms with E-state index in [-0.39, 0.29) is 12.5 Å². The molecule has 0 spiro atoms. The zero-order valence-electron chi connectivity index (χ0n) is 18.4. The van der Waals surface area contributed by atoms with Crippen molar-refractivity contribution in [1.82, 2.24) is 15.6 Å². The molecule has 1 aromatic rings. The Morgan fingerprint density at radius 3 is 2.61 bits per heavy atom. The summed E-state index contributed by atoms with van der Waals surface area (Å²) >= 11 is 5.33. The van der Waals surface area contributed by atoms with Gasteiger partial charge in [0.25, 0.3) is 5.91 Å². The average molecular weight is 447 g/mol. The van der Waals surface area contributed by atoms with Gasteiger partial charge in [0.2, 0.25) is 0 Å². The van der Waals surface area contributed by atoms with Crippen LogP contribution in [0.15, 0.2) is 23.3 Å². The van der Waals surface area contributed by atoms with Crippen LogP contribution in [-0.2, 0) is 4.79 Å². The van der Waals surface area contributed by atoms with Crippen molar-refractivity contribution in [2.75, 3.05) is 26.3 Å². The molecule has 1 aliphatic carbocycles. The Bertz CT molecular complexity index is 759. The van der Waals surface area contributed by atoms with Crippen LogP contribution in [0.2, 0.25) is 0 Å². The van der Waals surface area contributed by atoms with Crippen molar-refractivity contribution in [3.8, 4) is 11.5 Å². The van der Waals surface area contributed by atoms with Gasteiger partial charge in [-0.1, -0.05) is 19.3 Å². The second-order valence-electron chi connectivity index (χ2n) is 8.05. The molecule has 1 aliphatic heterocycles. The summed E-state index contributed by atoms with van der Waals surface area (Å²) in [7, 11) is 0. The van der Waals surface area contributed by atoms with Gasteiger partial charge >= 0.3 is 0 Å². The van der Waals surface area contributed by atoms with Gasteiger partial charge in [-0.05, 0) is 75.0 Å². The normalized spacial score (nSPS) is 17.4. The lowest BCUT2D eigenvalue weighted by Crippen LogP contribution is -2.40. The largest absolute Gasteiger partial charge is 0.490 e. The number of nitrogens with one attached hydrogen (secondary N) is 2. The third-order valence-electron chi connectivity index (χ3n) is 5.65. The third kappa shape index (κ3) is 7.69. The van der Waals surface area contributed by atoms with Crippen LogP contribution in [0.5, 0.6) is 11.5 Å². The Balaban J connectivity index is 1.51. The topological polar surface area (TPSA) is 75.2 Å². The maximum atomic E-state index is 12.4. The lowest BCUT2D eigenvalue weighted by atomic mass is 9.96. The Morgan fingerprint density at radius 1 is 1.13 bits per heavy atom. The van der Waals surface area contributed by atoms with Crippen LogP contribution in [0.3, 0.4) is 0 Å². The summed E-state index contributed by atoms with van der Waals surface area (Å²) in [6.07, 6.45) is 11.2. The van der Waals surface area contributed by atoms with Crippen LogP contribution in [0.25, 0.3) is 0 Å². The molecule has 3 rings (SSSR count). The number of nitrogens with zero attached hydrogens (tertiary/aromatic N) is 2. The maximum absolute atomic E-state index is 12.4. The molecule has 7 nitrogen and oxygen atoms in total. The molecule has 1 amide bonds. The number of ether oxygens (including phenoxy) is 2. The van der Waals surface area contributed by atoms with Crippen LogP contribution < -0.4 is 20.2 Å². The van der Waals surface area contributed by atoms with Gasteiger partial charge in [0.15, 0.2) is 23.2 Å². The lowest BCUT2D eigenvalue weighted by molar-refractivity contribution is -0.134. The van der Waals surface area contributed by atoms with E-state index in [0.717, 1.165) is 44.3 Å². The molecule has 0 radical (unpaired) electrons. The lowest BCUT2D eigenvalue weighted by Gasteiger charge is -2.26. The first-order chi connectivity index (χ1) is 15.2. The molecule has 8 heteroatoms. The Hall–Kier alpha value is -2.35. The quantitative estimate of drug-likeness (QED) is 0.361. The number of thiocarbonyl (C=S) groups is 1. The van der Waals surface area contributed by atoms with Crippen LogP contribution in [-0.4, -0.2) is 54.5 Å². The predicted molar refractivity (Wildman–Crippen MR) is 127 cm³/mol. The number of likely N-dealkylation sites (tertiary alicyclic amines) is 1. The highest BCUT2D eigenvalue weighted by Crippen LogP contribution is 2.28. The number of carbonyl (C=O) groups excluding carboxylic acids is 1. The minimum Gasteiger partial charge on any atom is -0.490 e. The number of hydrazone groups is 1. The fourth-order valence-electron chi connectivity index (χ4n) is 4.00. The zero-order chi connectivity index (χ0) is 21.9. The summed E-state index contributed by atoms with van der Waals surface area (Å²) in [6.45, 7) is 4.09. The van der Waals surface area contributed by atoms with E-state index in [4.69, 9.17) is 21.7 Å². The molecule has 0 unspecified atom stereocenters. The van der Waals surface area contributed by atoms with E-state index in [1.807, 2.05) is 30.0 Å². The Morgan fingerprint density at radius 2 is 1.87 bits per heavy atom. The van der Waals surface area contributed by atoms with Crippen LogP contribution in [0.1, 0.15) is 63.9 Å². The van der Waals surface area contributed by atoms with Gasteiger partial charge in [-0.2, -0.15) is 5.10 Å². The van der Waals surface area contributed by atoms with Crippen molar-refractivity contribution in [2.24, 2.45) is 5.10 Å². The molecule has 0 aromatic heterocycles. The van der Waals surface area contributed by atoms with E-state index < -0.39 is 0 Å². The number of amides is 1. The van der Waals surface area contributed by atoms with E-state index in [1.165, 1.54) is 25.7 Å². The van der Waals surface area contributed by atoms with E-state index >= 15 is 0 Å². The molecule has 2 aliphatic rings. The third-order valence-corrected chi connectivity index (χ3v) is 5.86.